The van der Waals surface area contributed by atoms with Crippen LogP contribution in [0.4, 0.5) is 4.79 Å². The molecule has 0 aromatic carbocycles. The molecule has 0 amide bonds. The van der Waals surface area contributed by atoms with E-state index in [2.05, 4.69) is 32.1 Å². The summed E-state index contributed by atoms with van der Waals surface area (Å²) in [6, 6.07) is 0. The molecule has 1 N–H and O–H groups in total. The fourth-order valence-electron chi connectivity index (χ4n) is 1.23. The van der Waals surface area contributed by atoms with Crippen LogP contribution in [0.3, 0.4) is 0 Å². The molecule has 1 fully saturated rings. The SMILES string of the molecule is CC1(OCCI)COC(=O)OC1C(=O)O. The number of ether oxygens (including phenoxy) is 3. The van der Waals surface area contributed by atoms with Crippen molar-refractivity contribution < 1.29 is 28.9 Å². The molecule has 1 rings (SSSR count). The molecule has 0 aliphatic carbocycles. The first-order chi connectivity index (χ1) is 6.99. The maximum atomic E-state index is 10.9. The predicted octanol–water partition coefficient (Wildman–Crippen LogP) is 0.817. The molecule has 6 nitrogen and oxygen atoms in total. The zero-order chi connectivity index (χ0) is 11.5. The lowest BCUT2D eigenvalue weighted by molar-refractivity contribution is -0.197. The van der Waals surface area contributed by atoms with Crippen molar-refractivity contribution in [3.05, 3.63) is 0 Å². The normalized spacial score (nSPS) is 30.5. The number of cyclic esters (lactones) is 2. The lowest BCUT2D eigenvalue weighted by Gasteiger charge is -2.36. The van der Waals surface area contributed by atoms with E-state index in [4.69, 9.17) is 9.84 Å². The van der Waals surface area contributed by atoms with Crippen molar-refractivity contribution in [2.75, 3.05) is 17.6 Å². The molecule has 0 bridgehead atoms. The average Bonchev–Trinajstić information content (AvgIpc) is 2.19. The van der Waals surface area contributed by atoms with Gasteiger partial charge in [-0.05, 0) is 6.92 Å². The van der Waals surface area contributed by atoms with Gasteiger partial charge >= 0.3 is 12.1 Å². The van der Waals surface area contributed by atoms with E-state index in [1.165, 1.54) is 0 Å². The second-order valence-electron chi connectivity index (χ2n) is 3.22. The number of hydrogen-bond acceptors (Lipinski definition) is 5. The molecule has 1 aliphatic rings. The average molecular weight is 330 g/mol. The Balaban J connectivity index is 2.74. The third-order valence-corrected chi connectivity index (χ3v) is 2.42. The smallest absolute Gasteiger partial charge is 0.478 e. The van der Waals surface area contributed by atoms with Gasteiger partial charge < -0.3 is 19.3 Å². The quantitative estimate of drug-likeness (QED) is 0.467. The summed E-state index contributed by atoms with van der Waals surface area (Å²) in [6.45, 7) is 1.81. The second-order valence-corrected chi connectivity index (χ2v) is 4.30. The van der Waals surface area contributed by atoms with Crippen LogP contribution in [0, 0.1) is 0 Å². The molecular weight excluding hydrogens is 319 g/mol. The van der Waals surface area contributed by atoms with E-state index in [1.807, 2.05) is 0 Å². The Bertz CT molecular complexity index is 268. The Kier molecular flexibility index (Phi) is 4.14. The largest absolute Gasteiger partial charge is 0.509 e. The van der Waals surface area contributed by atoms with Gasteiger partial charge in [-0.1, -0.05) is 22.6 Å². The molecule has 2 unspecified atom stereocenters. The van der Waals surface area contributed by atoms with Gasteiger partial charge in [0, 0.05) is 4.43 Å². The minimum Gasteiger partial charge on any atom is -0.478 e. The topological polar surface area (TPSA) is 82.1 Å². The van der Waals surface area contributed by atoms with Crippen LogP contribution < -0.4 is 0 Å². The van der Waals surface area contributed by atoms with Gasteiger partial charge in [0.1, 0.15) is 12.2 Å². The van der Waals surface area contributed by atoms with Crippen LogP contribution >= 0.6 is 22.6 Å². The van der Waals surface area contributed by atoms with E-state index < -0.39 is 23.8 Å². The summed E-state index contributed by atoms with van der Waals surface area (Å²) in [5.41, 5.74) is -1.12. The van der Waals surface area contributed by atoms with E-state index in [-0.39, 0.29) is 6.61 Å². The van der Waals surface area contributed by atoms with Crippen molar-refractivity contribution in [2.24, 2.45) is 0 Å². The summed E-state index contributed by atoms with van der Waals surface area (Å²) >= 11 is 2.10. The van der Waals surface area contributed by atoms with Gasteiger partial charge in [-0.3, -0.25) is 0 Å². The number of rotatable bonds is 4. The van der Waals surface area contributed by atoms with Crippen LogP contribution in [-0.4, -0.2) is 46.6 Å². The van der Waals surface area contributed by atoms with Crippen molar-refractivity contribution in [3.63, 3.8) is 0 Å². The van der Waals surface area contributed by atoms with E-state index in [0.717, 1.165) is 0 Å². The fourth-order valence-corrected chi connectivity index (χ4v) is 1.45. The number of carboxylic acid groups (broad SMARTS) is 1. The minimum absolute atomic E-state index is 0.112. The molecular formula is C8H11IO6. The number of alkyl halides is 1. The number of carboxylic acids is 1. The van der Waals surface area contributed by atoms with E-state index in [1.54, 1.807) is 6.92 Å². The number of hydrogen-bond donors (Lipinski definition) is 1. The monoisotopic (exact) mass is 330 g/mol. The molecule has 0 saturated carbocycles. The first-order valence-electron chi connectivity index (χ1n) is 4.26. The molecule has 86 valence electrons. The van der Waals surface area contributed by atoms with Crippen LogP contribution in [0.25, 0.3) is 0 Å². The van der Waals surface area contributed by atoms with Crippen LogP contribution in [0.2, 0.25) is 0 Å². The molecule has 1 aliphatic heterocycles. The van der Waals surface area contributed by atoms with E-state index in [9.17, 15) is 9.59 Å². The number of carbonyl (C=O) groups excluding carboxylic acids is 1. The molecule has 0 aromatic rings. The summed E-state index contributed by atoms with van der Waals surface area (Å²) in [7, 11) is 0. The summed E-state index contributed by atoms with van der Waals surface area (Å²) in [4.78, 5) is 21.6. The Morgan fingerprint density at radius 1 is 1.80 bits per heavy atom. The molecule has 0 aromatic heterocycles. The van der Waals surface area contributed by atoms with Crippen LogP contribution in [0.5, 0.6) is 0 Å². The third-order valence-electron chi connectivity index (χ3n) is 1.98. The van der Waals surface area contributed by atoms with Gasteiger partial charge in [-0.15, -0.1) is 0 Å². The van der Waals surface area contributed by atoms with Crippen molar-refractivity contribution >= 4 is 34.7 Å². The summed E-state index contributed by atoms with van der Waals surface area (Å²) in [6.07, 6.45) is -2.29. The van der Waals surface area contributed by atoms with Crippen LogP contribution in [0.15, 0.2) is 0 Å². The van der Waals surface area contributed by atoms with Gasteiger partial charge in [0.15, 0.2) is 0 Å². The maximum Gasteiger partial charge on any atom is 0.509 e. The second kappa shape index (κ2) is 4.97. The standard InChI is InChI=1S/C8H11IO6/c1-8(14-3-2-9)4-13-7(12)15-5(8)6(10)11/h5H,2-4H2,1H3,(H,10,11). The van der Waals surface area contributed by atoms with Crippen molar-refractivity contribution in [1.29, 1.82) is 0 Å². The van der Waals surface area contributed by atoms with E-state index >= 15 is 0 Å². The number of halogens is 1. The fraction of sp³-hybridized carbons (Fsp3) is 0.750. The molecule has 0 radical (unpaired) electrons. The molecule has 15 heavy (non-hydrogen) atoms. The molecule has 1 saturated heterocycles. The first kappa shape index (κ1) is 12.5. The summed E-state index contributed by atoms with van der Waals surface area (Å²) in [5, 5.41) is 8.88. The highest BCUT2D eigenvalue weighted by atomic mass is 127. The Hall–Kier alpha value is -0.570. The lowest BCUT2D eigenvalue weighted by Crippen LogP contribution is -2.56. The van der Waals surface area contributed by atoms with Gasteiger partial charge in [0.2, 0.25) is 6.10 Å². The summed E-state index contributed by atoms with van der Waals surface area (Å²) < 4.78 is 15.3. The van der Waals surface area contributed by atoms with Crippen molar-refractivity contribution in [1.82, 2.24) is 0 Å². The highest BCUT2D eigenvalue weighted by molar-refractivity contribution is 14.1. The Morgan fingerprint density at radius 2 is 2.47 bits per heavy atom. The van der Waals surface area contributed by atoms with Gasteiger partial charge in [0.25, 0.3) is 0 Å². The first-order valence-corrected chi connectivity index (χ1v) is 5.78. The molecule has 7 heteroatoms. The molecule has 0 spiro atoms. The maximum absolute atomic E-state index is 10.9. The van der Waals surface area contributed by atoms with E-state index in [0.29, 0.717) is 11.0 Å². The predicted molar refractivity (Wildman–Crippen MR) is 57.1 cm³/mol. The molecule has 1 heterocycles. The van der Waals surface area contributed by atoms with Gasteiger partial charge in [-0.25, -0.2) is 9.59 Å². The zero-order valence-electron chi connectivity index (χ0n) is 8.07. The lowest BCUT2D eigenvalue weighted by atomic mass is 9.99. The third kappa shape index (κ3) is 2.94. The Labute approximate surface area is 100 Å². The van der Waals surface area contributed by atoms with Crippen LogP contribution in [0.1, 0.15) is 6.92 Å². The van der Waals surface area contributed by atoms with Crippen molar-refractivity contribution in [3.8, 4) is 0 Å². The zero-order valence-corrected chi connectivity index (χ0v) is 10.2. The van der Waals surface area contributed by atoms with Crippen molar-refractivity contribution in [2.45, 2.75) is 18.6 Å². The Morgan fingerprint density at radius 3 is 3.00 bits per heavy atom. The number of carbonyl (C=O) groups is 2. The van der Waals surface area contributed by atoms with Gasteiger partial charge in [-0.2, -0.15) is 0 Å². The number of aliphatic carboxylic acids is 1. The minimum atomic E-state index is -1.32. The molecule has 2 atom stereocenters. The summed E-state index contributed by atoms with van der Waals surface area (Å²) in [5.74, 6) is -1.23. The van der Waals surface area contributed by atoms with Gasteiger partial charge in [0.05, 0.1) is 6.61 Å². The highest BCUT2D eigenvalue weighted by Gasteiger charge is 2.48. The van der Waals surface area contributed by atoms with Crippen LogP contribution in [-0.2, 0) is 19.0 Å². The highest BCUT2D eigenvalue weighted by Crippen LogP contribution is 2.24.